The van der Waals surface area contributed by atoms with Gasteiger partial charge in [-0.15, -0.1) is 12.1 Å². The van der Waals surface area contributed by atoms with E-state index >= 15 is 0 Å². The molecule has 0 aromatic heterocycles. The summed E-state index contributed by atoms with van der Waals surface area (Å²) in [5.41, 5.74) is 1.07. The second-order valence-corrected chi connectivity index (χ2v) is 2.03. The number of carbonyl (C=O) groups is 1. The van der Waals surface area contributed by atoms with E-state index < -0.39 is 5.97 Å². The standard InChI is InChI=1S/C7H7.C3H4O2.Na/c1-7-5-3-2-4-6-7;1-2-3(4)5;/h2-6H,1H2;2H,1H2,(H,4,5);/q-1;;+1. The molecule has 2 nitrogen and oxygen atoms in total. The van der Waals surface area contributed by atoms with Crippen molar-refractivity contribution in [3.8, 4) is 0 Å². The van der Waals surface area contributed by atoms with Crippen LogP contribution in [-0.2, 0) is 4.79 Å². The van der Waals surface area contributed by atoms with E-state index in [9.17, 15) is 4.79 Å². The molecule has 0 amide bonds. The van der Waals surface area contributed by atoms with Crippen molar-refractivity contribution in [1.82, 2.24) is 0 Å². The van der Waals surface area contributed by atoms with Crippen LogP contribution in [0.15, 0.2) is 43.0 Å². The van der Waals surface area contributed by atoms with E-state index in [-0.39, 0.29) is 29.6 Å². The second-order valence-electron chi connectivity index (χ2n) is 2.03. The van der Waals surface area contributed by atoms with Crippen LogP contribution < -0.4 is 29.6 Å². The summed E-state index contributed by atoms with van der Waals surface area (Å²) in [5.74, 6) is -0.981. The number of hydrogen-bond acceptors (Lipinski definition) is 1. The maximum Gasteiger partial charge on any atom is 1.00 e. The second kappa shape index (κ2) is 9.39. The normalized spacial score (nSPS) is 7.08. The molecular weight excluding hydrogens is 175 g/mol. The summed E-state index contributed by atoms with van der Waals surface area (Å²) in [7, 11) is 0. The van der Waals surface area contributed by atoms with E-state index in [0.29, 0.717) is 0 Å². The third kappa shape index (κ3) is 11.3. The molecule has 0 unspecified atom stereocenters. The SMILES string of the molecule is C=CC(=O)O.[CH2-]c1ccccc1.[Na+]. The Kier molecular flexibility index (Phi) is 10.7. The number of carboxylic acids is 1. The van der Waals surface area contributed by atoms with Gasteiger partial charge in [0.25, 0.3) is 0 Å². The van der Waals surface area contributed by atoms with Crippen molar-refractivity contribution in [1.29, 1.82) is 0 Å². The van der Waals surface area contributed by atoms with Gasteiger partial charge >= 0.3 is 35.5 Å². The fourth-order valence-corrected chi connectivity index (χ4v) is 0.478. The predicted octanol–water partition coefficient (Wildman–Crippen LogP) is -0.870. The Bertz CT molecular complexity index is 244. The predicted molar refractivity (Wildman–Crippen MR) is 48.7 cm³/mol. The summed E-state index contributed by atoms with van der Waals surface area (Å²) < 4.78 is 0. The first-order valence-corrected chi connectivity index (χ1v) is 3.39. The molecule has 1 aromatic rings. The molecule has 0 aliphatic carbocycles. The van der Waals surface area contributed by atoms with E-state index in [4.69, 9.17) is 5.11 Å². The largest absolute Gasteiger partial charge is 1.00 e. The van der Waals surface area contributed by atoms with Crippen molar-refractivity contribution >= 4 is 5.97 Å². The average molecular weight is 186 g/mol. The zero-order valence-electron chi connectivity index (χ0n) is 7.73. The molecule has 0 atom stereocenters. The topological polar surface area (TPSA) is 37.3 Å². The zero-order chi connectivity index (χ0) is 9.40. The minimum atomic E-state index is -0.981. The Morgan fingerprint density at radius 2 is 1.77 bits per heavy atom. The van der Waals surface area contributed by atoms with Gasteiger partial charge in [-0.1, -0.05) is 12.6 Å². The fraction of sp³-hybridized carbons (Fsp3) is 0. The Morgan fingerprint density at radius 1 is 1.38 bits per heavy atom. The van der Waals surface area contributed by atoms with Crippen LogP contribution in [0, 0.1) is 6.92 Å². The Morgan fingerprint density at radius 3 is 1.92 bits per heavy atom. The number of benzene rings is 1. The van der Waals surface area contributed by atoms with E-state index in [0.717, 1.165) is 11.6 Å². The van der Waals surface area contributed by atoms with Crippen molar-refractivity contribution in [2.24, 2.45) is 0 Å². The summed E-state index contributed by atoms with van der Waals surface area (Å²) in [6.45, 7) is 6.68. The van der Waals surface area contributed by atoms with Gasteiger partial charge in [0.15, 0.2) is 0 Å². The van der Waals surface area contributed by atoms with Gasteiger partial charge in [0.1, 0.15) is 0 Å². The van der Waals surface area contributed by atoms with E-state index in [1.54, 1.807) is 0 Å². The maximum atomic E-state index is 9.25. The molecule has 0 saturated heterocycles. The molecule has 13 heavy (non-hydrogen) atoms. The first-order chi connectivity index (χ1) is 5.66. The van der Waals surface area contributed by atoms with Gasteiger partial charge in [0, 0.05) is 6.08 Å². The zero-order valence-corrected chi connectivity index (χ0v) is 9.73. The quantitative estimate of drug-likeness (QED) is 0.352. The molecule has 1 aromatic carbocycles. The number of hydrogen-bond donors (Lipinski definition) is 1. The number of carboxylic acid groups (broad SMARTS) is 1. The smallest absolute Gasteiger partial charge is 0.478 e. The minimum absolute atomic E-state index is 0. The van der Waals surface area contributed by atoms with Gasteiger partial charge in [-0.05, 0) is 0 Å². The van der Waals surface area contributed by atoms with Gasteiger partial charge in [0.2, 0.25) is 0 Å². The fourth-order valence-electron chi connectivity index (χ4n) is 0.478. The van der Waals surface area contributed by atoms with Crippen molar-refractivity contribution in [3.05, 3.63) is 55.5 Å². The van der Waals surface area contributed by atoms with Crippen molar-refractivity contribution in [3.63, 3.8) is 0 Å². The first kappa shape index (κ1) is 14.8. The number of aliphatic carboxylic acids is 1. The van der Waals surface area contributed by atoms with Crippen LogP contribution >= 0.6 is 0 Å². The summed E-state index contributed by atoms with van der Waals surface area (Å²) in [5, 5.41) is 7.60. The summed E-state index contributed by atoms with van der Waals surface area (Å²) in [6, 6.07) is 9.87. The molecule has 0 aliphatic rings. The third-order valence-electron chi connectivity index (χ3n) is 1.02. The first-order valence-electron chi connectivity index (χ1n) is 3.39. The monoisotopic (exact) mass is 186 g/mol. The average Bonchev–Trinajstić information content (AvgIpc) is 2.07. The molecule has 1 N–H and O–H groups in total. The Hall–Kier alpha value is -0.700. The van der Waals surface area contributed by atoms with E-state index in [1.807, 2.05) is 30.3 Å². The van der Waals surface area contributed by atoms with Gasteiger partial charge in [-0.3, -0.25) is 0 Å². The van der Waals surface area contributed by atoms with Crippen LogP contribution in [0.2, 0.25) is 0 Å². The van der Waals surface area contributed by atoms with Crippen molar-refractivity contribution < 1.29 is 39.5 Å². The molecule has 64 valence electrons. The summed E-state index contributed by atoms with van der Waals surface area (Å²) in [4.78, 5) is 9.25. The molecular formula is C10H11NaO2. The van der Waals surface area contributed by atoms with E-state index in [1.165, 1.54) is 0 Å². The van der Waals surface area contributed by atoms with Crippen molar-refractivity contribution in [2.45, 2.75) is 0 Å². The van der Waals surface area contributed by atoms with Crippen LogP contribution in [0.4, 0.5) is 0 Å². The van der Waals surface area contributed by atoms with Crippen LogP contribution in [-0.4, -0.2) is 11.1 Å². The van der Waals surface area contributed by atoms with Crippen LogP contribution in [0.3, 0.4) is 0 Å². The summed E-state index contributed by atoms with van der Waals surface area (Å²) >= 11 is 0. The molecule has 1 rings (SSSR count). The number of rotatable bonds is 1. The van der Waals surface area contributed by atoms with Crippen molar-refractivity contribution in [2.75, 3.05) is 0 Å². The van der Waals surface area contributed by atoms with Gasteiger partial charge < -0.3 is 5.11 Å². The van der Waals surface area contributed by atoms with Gasteiger partial charge in [0.05, 0.1) is 0 Å². The van der Waals surface area contributed by atoms with Gasteiger partial charge in [-0.25, -0.2) is 4.79 Å². The molecule has 0 spiro atoms. The third-order valence-corrected chi connectivity index (χ3v) is 1.02. The van der Waals surface area contributed by atoms with Crippen LogP contribution in [0.5, 0.6) is 0 Å². The summed E-state index contributed by atoms with van der Waals surface area (Å²) in [6.07, 6.45) is 0.833. The van der Waals surface area contributed by atoms with Gasteiger partial charge in [-0.2, -0.15) is 24.6 Å². The van der Waals surface area contributed by atoms with E-state index in [2.05, 4.69) is 13.5 Å². The Balaban J connectivity index is 0. The molecule has 3 heteroatoms. The molecule has 0 heterocycles. The molecule has 0 aliphatic heterocycles. The molecule has 0 fully saturated rings. The molecule has 0 radical (unpaired) electrons. The maximum absolute atomic E-state index is 9.25. The molecule has 0 bridgehead atoms. The van der Waals surface area contributed by atoms with Crippen LogP contribution in [0.1, 0.15) is 5.56 Å². The van der Waals surface area contributed by atoms with Crippen LogP contribution in [0.25, 0.3) is 0 Å². The minimum Gasteiger partial charge on any atom is -0.478 e. The molecule has 0 saturated carbocycles. The Labute approximate surface area is 101 Å².